The maximum atomic E-state index is 12.1. The van der Waals surface area contributed by atoms with Crippen molar-refractivity contribution in [1.29, 1.82) is 0 Å². The molecule has 1 atom stereocenters. The van der Waals surface area contributed by atoms with E-state index in [0.717, 1.165) is 11.1 Å². The Hall–Kier alpha value is -2.19. The molecule has 0 spiro atoms. The van der Waals surface area contributed by atoms with Gasteiger partial charge in [-0.3, -0.25) is 4.79 Å². The summed E-state index contributed by atoms with van der Waals surface area (Å²) >= 11 is 0. The molecule has 1 aromatic heterocycles. The molecule has 0 radical (unpaired) electrons. The van der Waals surface area contributed by atoms with Crippen LogP contribution in [0.25, 0.3) is 0 Å². The van der Waals surface area contributed by atoms with Crippen molar-refractivity contribution in [3.63, 3.8) is 0 Å². The van der Waals surface area contributed by atoms with E-state index in [1.807, 2.05) is 6.92 Å². The van der Waals surface area contributed by atoms with Gasteiger partial charge in [-0.25, -0.2) is 13.6 Å². The van der Waals surface area contributed by atoms with Crippen LogP contribution in [0.1, 0.15) is 35.5 Å². The first-order valence-corrected chi connectivity index (χ1v) is 8.57. The van der Waals surface area contributed by atoms with E-state index < -0.39 is 10.0 Å². The Labute approximate surface area is 134 Å². The normalized spacial score (nSPS) is 12.9. The summed E-state index contributed by atoms with van der Waals surface area (Å²) in [7, 11) is -3.72. The molecule has 0 bridgehead atoms. The van der Waals surface area contributed by atoms with E-state index in [1.165, 1.54) is 12.1 Å². The van der Waals surface area contributed by atoms with Gasteiger partial charge >= 0.3 is 0 Å². The molecule has 124 valence electrons. The van der Waals surface area contributed by atoms with Crippen molar-refractivity contribution >= 4 is 15.9 Å². The lowest BCUT2D eigenvalue weighted by molar-refractivity contribution is -0.121. The van der Waals surface area contributed by atoms with Crippen LogP contribution in [0.15, 0.2) is 33.7 Å². The molecule has 1 heterocycles. The van der Waals surface area contributed by atoms with E-state index in [-0.39, 0.29) is 23.3 Å². The molecule has 0 saturated carbocycles. The number of nitrogens with zero attached hydrogens (tertiary/aromatic N) is 1. The highest BCUT2D eigenvalue weighted by molar-refractivity contribution is 7.89. The zero-order chi connectivity index (χ0) is 17.2. The Balaban J connectivity index is 2.04. The molecule has 8 heteroatoms. The van der Waals surface area contributed by atoms with E-state index in [2.05, 4.69) is 10.5 Å². The molecular formula is C15H19N3O4S. The highest BCUT2D eigenvalue weighted by Gasteiger charge is 2.16. The lowest BCUT2D eigenvalue weighted by Gasteiger charge is -2.14. The van der Waals surface area contributed by atoms with Gasteiger partial charge in [-0.15, -0.1) is 0 Å². The average Bonchev–Trinajstić information content (AvgIpc) is 2.78. The summed E-state index contributed by atoms with van der Waals surface area (Å²) in [6, 6.07) is 5.82. The summed E-state index contributed by atoms with van der Waals surface area (Å²) in [5.41, 5.74) is 2.26. The molecule has 0 aliphatic rings. The molecule has 2 aromatic rings. The Bertz CT molecular complexity index is 790. The number of carbonyl (C=O) groups is 1. The predicted molar refractivity (Wildman–Crippen MR) is 84.1 cm³/mol. The maximum Gasteiger partial charge on any atom is 0.238 e. The first kappa shape index (κ1) is 17.2. The first-order valence-electron chi connectivity index (χ1n) is 7.02. The number of carbonyl (C=O) groups excluding carboxylic acids is 1. The van der Waals surface area contributed by atoms with Crippen LogP contribution in [0.4, 0.5) is 0 Å². The van der Waals surface area contributed by atoms with E-state index in [0.29, 0.717) is 11.5 Å². The van der Waals surface area contributed by atoms with Gasteiger partial charge in [0.2, 0.25) is 15.9 Å². The number of nitrogens with two attached hydrogens (primary N) is 1. The fourth-order valence-corrected chi connectivity index (χ4v) is 2.75. The third-order valence-electron chi connectivity index (χ3n) is 3.60. The summed E-state index contributed by atoms with van der Waals surface area (Å²) in [5.74, 6) is 0.463. The average molecular weight is 337 g/mol. The van der Waals surface area contributed by atoms with Gasteiger partial charge in [-0.1, -0.05) is 17.3 Å². The predicted octanol–water partition coefficient (Wildman–Crippen LogP) is 1.36. The van der Waals surface area contributed by atoms with E-state index in [1.54, 1.807) is 26.0 Å². The molecule has 2 rings (SSSR count). The molecular weight excluding hydrogens is 318 g/mol. The summed E-state index contributed by atoms with van der Waals surface area (Å²) in [6.45, 7) is 5.36. The number of primary sulfonamides is 1. The van der Waals surface area contributed by atoms with Crippen LogP contribution >= 0.6 is 0 Å². The number of benzene rings is 1. The SMILES string of the molecule is Cc1noc(C)c1CC(=O)N[C@H](C)c1ccc(S(N)(=O)=O)cc1. The molecule has 0 saturated heterocycles. The minimum absolute atomic E-state index is 0.0375. The quantitative estimate of drug-likeness (QED) is 0.854. The monoisotopic (exact) mass is 337 g/mol. The number of amides is 1. The largest absolute Gasteiger partial charge is 0.361 e. The van der Waals surface area contributed by atoms with E-state index in [9.17, 15) is 13.2 Å². The van der Waals surface area contributed by atoms with Crippen LogP contribution in [0, 0.1) is 13.8 Å². The molecule has 0 aliphatic heterocycles. The fraction of sp³-hybridized carbons (Fsp3) is 0.333. The smallest absolute Gasteiger partial charge is 0.238 e. The molecule has 0 aliphatic carbocycles. The second kappa shape index (κ2) is 6.51. The number of rotatable bonds is 5. The molecule has 23 heavy (non-hydrogen) atoms. The molecule has 1 aromatic carbocycles. The highest BCUT2D eigenvalue weighted by Crippen LogP contribution is 2.17. The lowest BCUT2D eigenvalue weighted by atomic mass is 10.1. The number of aromatic nitrogens is 1. The van der Waals surface area contributed by atoms with Gasteiger partial charge in [0.15, 0.2) is 0 Å². The minimum atomic E-state index is -3.72. The minimum Gasteiger partial charge on any atom is -0.361 e. The van der Waals surface area contributed by atoms with Crippen LogP contribution in [0.5, 0.6) is 0 Å². The number of hydrogen-bond donors (Lipinski definition) is 2. The number of sulfonamides is 1. The number of hydrogen-bond acceptors (Lipinski definition) is 5. The zero-order valence-electron chi connectivity index (χ0n) is 13.2. The van der Waals surface area contributed by atoms with Crippen molar-refractivity contribution in [2.45, 2.75) is 38.1 Å². The Morgan fingerprint density at radius 2 is 1.91 bits per heavy atom. The van der Waals surface area contributed by atoms with Crippen LogP contribution in [0.2, 0.25) is 0 Å². The van der Waals surface area contributed by atoms with Gasteiger partial charge in [-0.05, 0) is 38.5 Å². The van der Waals surface area contributed by atoms with Crippen LogP contribution in [-0.4, -0.2) is 19.5 Å². The fourth-order valence-electron chi connectivity index (χ4n) is 2.24. The summed E-state index contributed by atoms with van der Waals surface area (Å²) in [4.78, 5) is 12.2. The van der Waals surface area contributed by atoms with Crippen molar-refractivity contribution in [3.05, 3.63) is 46.8 Å². The molecule has 1 amide bonds. The van der Waals surface area contributed by atoms with Crippen molar-refractivity contribution in [2.24, 2.45) is 5.14 Å². The van der Waals surface area contributed by atoms with Crippen LogP contribution < -0.4 is 10.5 Å². The zero-order valence-corrected chi connectivity index (χ0v) is 14.0. The first-order chi connectivity index (χ1) is 10.7. The van der Waals surface area contributed by atoms with Gasteiger partial charge in [0.05, 0.1) is 23.1 Å². The Kier molecular flexibility index (Phi) is 4.86. The van der Waals surface area contributed by atoms with Crippen molar-refractivity contribution in [2.75, 3.05) is 0 Å². The van der Waals surface area contributed by atoms with Gasteiger partial charge in [0.1, 0.15) is 5.76 Å². The van der Waals surface area contributed by atoms with Gasteiger partial charge < -0.3 is 9.84 Å². The van der Waals surface area contributed by atoms with Crippen molar-refractivity contribution < 1.29 is 17.7 Å². The summed E-state index contributed by atoms with van der Waals surface area (Å²) in [5, 5.41) is 11.7. The molecule has 0 unspecified atom stereocenters. The van der Waals surface area contributed by atoms with E-state index in [4.69, 9.17) is 9.66 Å². The van der Waals surface area contributed by atoms with Gasteiger partial charge in [-0.2, -0.15) is 0 Å². The second-order valence-corrected chi connectivity index (χ2v) is 6.94. The third kappa shape index (κ3) is 4.17. The molecule has 0 fully saturated rings. The third-order valence-corrected chi connectivity index (χ3v) is 4.53. The summed E-state index contributed by atoms with van der Waals surface area (Å²) in [6.07, 6.45) is 0.181. The Morgan fingerprint density at radius 1 is 1.30 bits per heavy atom. The topological polar surface area (TPSA) is 115 Å². The number of nitrogens with one attached hydrogen (secondary N) is 1. The Morgan fingerprint density at radius 3 is 2.39 bits per heavy atom. The van der Waals surface area contributed by atoms with Crippen LogP contribution in [-0.2, 0) is 21.2 Å². The molecule has 7 nitrogen and oxygen atoms in total. The van der Waals surface area contributed by atoms with Crippen LogP contribution in [0.3, 0.4) is 0 Å². The van der Waals surface area contributed by atoms with Crippen molar-refractivity contribution in [1.82, 2.24) is 10.5 Å². The standard InChI is InChI=1S/C15H19N3O4S/c1-9(12-4-6-13(7-5-12)23(16,20)21)17-15(19)8-14-10(2)18-22-11(14)3/h4-7,9H,8H2,1-3H3,(H,17,19)(H2,16,20,21)/t9-/m1/s1. The molecule has 3 N–H and O–H groups in total. The number of aryl methyl sites for hydroxylation is 2. The summed E-state index contributed by atoms with van der Waals surface area (Å²) < 4.78 is 27.5. The van der Waals surface area contributed by atoms with Gasteiger partial charge in [0.25, 0.3) is 0 Å². The lowest BCUT2D eigenvalue weighted by Crippen LogP contribution is -2.28. The van der Waals surface area contributed by atoms with E-state index >= 15 is 0 Å². The maximum absolute atomic E-state index is 12.1. The highest BCUT2D eigenvalue weighted by atomic mass is 32.2. The van der Waals surface area contributed by atoms with Gasteiger partial charge in [0, 0.05) is 5.56 Å². The van der Waals surface area contributed by atoms with Crippen molar-refractivity contribution in [3.8, 4) is 0 Å². The second-order valence-electron chi connectivity index (χ2n) is 5.38.